The summed E-state index contributed by atoms with van der Waals surface area (Å²) in [7, 11) is 0. The van der Waals surface area contributed by atoms with Crippen LogP contribution in [0.4, 0.5) is 24.8 Å². The molecule has 1 N–H and O–H groups in total. The average molecular weight is 484 g/mol. The molecule has 184 valence electrons. The molecule has 35 heavy (non-hydrogen) atoms. The first-order chi connectivity index (χ1) is 17.0. The minimum absolute atomic E-state index is 0.139. The number of hydrogen-bond acceptors (Lipinski definition) is 6. The van der Waals surface area contributed by atoms with Crippen molar-refractivity contribution in [2.45, 2.75) is 57.5 Å². The maximum absolute atomic E-state index is 14.7. The van der Waals surface area contributed by atoms with Gasteiger partial charge in [0.15, 0.2) is 17.5 Å². The predicted octanol–water partition coefficient (Wildman–Crippen LogP) is 4.44. The van der Waals surface area contributed by atoms with Crippen molar-refractivity contribution in [2.75, 3.05) is 23.3 Å². The van der Waals surface area contributed by atoms with Gasteiger partial charge in [-0.05, 0) is 56.6 Å². The highest BCUT2D eigenvalue weighted by Crippen LogP contribution is 2.40. The maximum atomic E-state index is 14.7. The van der Waals surface area contributed by atoms with E-state index in [2.05, 4.69) is 26.5 Å². The molecule has 3 aliphatic rings. The lowest BCUT2D eigenvalue weighted by molar-refractivity contribution is 0.376. The molecule has 10 heteroatoms. The summed E-state index contributed by atoms with van der Waals surface area (Å²) in [4.78, 5) is 7.16. The molecule has 1 saturated heterocycles. The van der Waals surface area contributed by atoms with Crippen molar-refractivity contribution in [1.82, 2.24) is 25.0 Å². The topological polar surface area (TPSA) is 71.8 Å². The van der Waals surface area contributed by atoms with Gasteiger partial charge in [-0.15, -0.1) is 5.10 Å². The van der Waals surface area contributed by atoms with Crippen molar-refractivity contribution in [3.05, 3.63) is 58.9 Å². The van der Waals surface area contributed by atoms with Crippen LogP contribution in [-0.2, 0) is 6.54 Å². The lowest BCUT2D eigenvalue weighted by Gasteiger charge is -2.39. The van der Waals surface area contributed by atoms with Crippen LogP contribution in [0, 0.1) is 36.2 Å². The fourth-order valence-corrected chi connectivity index (χ4v) is 6.13. The fraction of sp³-hybridized carbons (Fsp3) is 0.520. The second-order valence-corrected chi connectivity index (χ2v) is 10.1. The Labute approximate surface area is 201 Å². The van der Waals surface area contributed by atoms with Crippen LogP contribution in [0.5, 0.6) is 0 Å². The van der Waals surface area contributed by atoms with Gasteiger partial charge < -0.3 is 10.2 Å². The van der Waals surface area contributed by atoms with E-state index in [-0.39, 0.29) is 11.6 Å². The Balaban J connectivity index is 1.24. The zero-order valence-corrected chi connectivity index (χ0v) is 19.6. The Bertz CT molecular complexity index is 1230. The Morgan fingerprint density at radius 2 is 1.80 bits per heavy atom. The first kappa shape index (κ1) is 22.3. The highest BCUT2D eigenvalue weighted by molar-refractivity contribution is 5.46. The van der Waals surface area contributed by atoms with Crippen LogP contribution in [0.15, 0.2) is 24.4 Å². The Hall–Kier alpha value is -3.17. The molecule has 4 atom stereocenters. The summed E-state index contributed by atoms with van der Waals surface area (Å²) in [5, 5.41) is 16.5. The van der Waals surface area contributed by atoms with Crippen LogP contribution in [0.25, 0.3) is 0 Å². The Morgan fingerprint density at radius 3 is 2.57 bits per heavy atom. The van der Waals surface area contributed by atoms with Gasteiger partial charge in [-0.2, -0.15) is 15.2 Å². The molecule has 2 bridgehead atoms. The Kier molecular flexibility index (Phi) is 5.61. The molecule has 4 heterocycles. The van der Waals surface area contributed by atoms with E-state index in [0.717, 1.165) is 56.2 Å². The second-order valence-electron chi connectivity index (χ2n) is 10.1. The molecule has 2 aliphatic heterocycles. The monoisotopic (exact) mass is 483 g/mol. The number of piperidine rings is 1. The van der Waals surface area contributed by atoms with Crippen LogP contribution in [-0.4, -0.2) is 44.1 Å². The van der Waals surface area contributed by atoms with Crippen molar-refractivity contribution in [2.24, 2.45) is 11.8 Å². The molecular weight excluding hydrogens is 455 g/mol. The van der Waals surface area contributed by atoms with Gasteiger partial charge in [0, 0.05) is 37.2 Å². The number of halogens is 3. The summed E-state index contributed by atoms with van der Waals surface area (Å²) in [5.74, 6) is -2.16. The zero-order valence-electron chi connectivity index (χ0n) is 19.6. The number of nitrogens with zero attached hydrogens (tertiary/aromatic N) is 6. The molecule has 1 aliphatic carbocycles. The standard InChI is InChI=1S/C25H28F3N7/c1-14-10-17(11-29-32-14)34-12-15-5-6-16(13-34)23(15)30-25-31-24-19(4-2-3-9-35(24)33-25)18-7-8-20(26)22(28)21(18)27/h7-8,10-11,15-16,19,23H,2-6,9,12-13H2,1H3,(H,30,33)/t15-,16+,19?,23+. The van der Waals surface area contributed by atoms with E-state index in [9.17, 15) is 13.2 Å². The van der Waals surface area contributed by atoms with E-state index in [1.807, 2.05) is 17.8 Å². The fourth-order valence-electron chi connectivity index (χ4n) is 6.13. The van der Waals surface area contributed by atoms with E-state index in [0.29, 0.717) is 36.6 Å². The molecule has 1 unspecified atom stereocenters. The third kappa shape index (κ3) is 4.02. The van der Waals surface area contributed by atoms with Crippen molar-refractivity contribution in [3.63, 3.8) is 0 Å². The van der Waals surface area contributed by atoms with Crippen LogP contribution < -0.4 is 10.2 Å². The normalized spacial score (nSPS) is 25.9. The minimum Gasteiger partial charge on any atom is -0.369 e. The van der Waals surface area contributed by atoms with Crippen molar-refractivity contribution < 1.29 is 13.2 Å². The van der Waals surface area contributed by atoms with Gasteiger partial charge in [-0.25, -0.2) is 17.9 Å². The summed E-state index contributed by atoms with van der Waals surface area (Å²) in [6.45, 7) is 4.48. The maximum Gasteiger partial charge on any atom is 0.242 e. The quantitative estimate of drug-likeness (QED) is 0.554. The van der Waals surface area contributed by atoms with E-state index in [1.165, 1.54) is 6.07 Å². The van der Waals surface area contributed by atoms with Crippen molar-refractivity contribution >= 4 is 11.6 Å². The van der Waals surface area contributed by atoms with E-state index >= 15 is 0 Å². The molecule has 2 fully saturated rings. The van der Waals surface area contributed by atoms with Gasteiger partial charge in [0.05, 0.1) is 17.6 Å². The van der Waals surface area contributed by atoms with Crippen molar-refractivity contribution in [3.8, 4) is 0 Å². The third-order valence-corrected chi connectivity index (χ3v) is 7.82. The third-order valence-electron chi connectivity index (χ3n) is 7.82. The summed E-state index contributed by atoms with van der Waals surface area (Å²) >= 11 is 0. The number of anilines is 2. The molecule has 0 amide bonds. The van der Waals surface area contributed by atoms with Crippen LogP contribution in [0.3, 0.4) is 0 Å². The van der Waals surface area contributed by atoms with Gasteiger partial charge >= 0.3 is 0 Å². The van der Waals surface area contributed by atoms with E-state index < -0.39 is 23.4 Å². The van der Waals surface area contributed by atoms with Gasteiger partial charge in [0.25, 0.3) is 0 Å². The predicted molar refractivity (Wildman–Crippen MR) is 125 cm³/mol. The molecule has 3 aromatic rings. The lowest BCUT2D eigenvalue weighted by atomic mass is 9.92. The number of nitrogens with one attached hydrogen (secondary N) is 1. The summed E-state index contributed by atoms with van der Waals surface area (Å²) in [6.07, 6.45) is 6.41. The zero-order chi connectivity index (χ0) is 24.1. The van der Waals surface area contributed by atoms with Gasteiger partial charge in [-0.3, -0.25) is 0 Å². The van der Waals surface area contributed by atoms with E-state index in [1.54, 1.807) is 0 Å². The highest BCUT2D eigenvalue weighted by Gasteiger charge is 2.43. The first-order valence-corrected chi connectivity index (χ1v) is 12.4. The molecule has 1 saturated carbocycles. The molecule has 0 radical (unpaired) electrons. The van der Waals surface area contributed by atoms with Crippen molar-refractivity contribution in [1.29, 1.82) is 0 Å². The molecule has 2 aromatic heterocycles. The number of hydrogen-bond donors (Lipinski definition) is 1. The number of fused-ring (bicyclic) bond motifs is 3. The number of rotatable bonds is 4. The Morgan fingerprint density at radius 1 is 1.00 bits per heavy atom. The van der Waals surface area contributed by atoms with Gasteiger partial charge in [0.2, 0.25) is 5.95 Å². The molecule has 1 aromatic carbocycles. The van der Waals surface area contributed by atoms with Crippen LogP contribution >= 0.6 is 0 Å². The van der Waals surface area contributed by atoms with Crippen LogP contribution in [0.2, 0.25) is 0 Å². The summed E-state index contributed by atoms with van der Waals surface area (Å²) in [5.41, 5.74) is 2.16. The second kappa shape index (κ2) is 8.80. The number of aryl methyl sites for hydroxylation is 2. The lowest BCUT2D eigenvalue weighted by Crippen LogP contribution is -2.48. The largest absolute Gasteiger partial charge is 0.369 e. The van der Waals surface area contributed by atoms with Gasteiger partial charge in [-0.1, -0.05) is 12.5 Å². The highest BCUT2D eigenvalue weighted by atomic mass is 19.2. The molecule has 0 spiro atoms. The smallest absolute Gasteiger partial charge is 0.242 e. The minimum atomic E-state index is -1.43. The average Bonchev–Trinajstić information content (AvgIpc) is 3.25. The van der Waals surface area contributed by atoms with Gasteiger partial charge in [0.1, 0.15) is 5.82 Å². The first-order valence-electron chi connectivity index (χ1n) is 12.4. The SMILES string of the molecule is Cc1cc(N2C[C@H]3CC[C@@H](C2)[C@H]3Nc2nc3n(n2)CCCCC3c2ccc(F)c(F)c2F)cnn1. The molecule has 7 nitrogen and oxygen atoms in total. The van der Waals surface area contributed by atoms with E-state index in [4.69, 9.17) is 10.1 Å². The molecular formula is C25H28F3N7. The number of aromatic nitrogens is 5. The summed E-state index contributed by atoms with van der Waals surface area (Å²) < 4.78 is 44.0. The summed E-state index contributed by atoms with van der Waals surface area (Å²) in [6, 6.07) is 4.66. The van der Waals surface area contributed by atoms with Crippen LogP contribution in [0.1, 0.15) is 55.1 Å². The number of benzene rings is 1. The molecule has 6 rings (SSSR count).